The maximum absolute atomic E-state index is 6.33. The summed E-state index contributed by atoms with van der Waals surface area (Å²) in [6, 6.07) is 14.2. The van der Waals surface area contributed by atoms with Crippen molar-refractivity contribution < 1.29 is 4.74 Å². The number of aromatic nitrogens is 4. The third kappa shape index (κ3) is 3.58. The number of fused-ring (bicyclic) bond motifs is 2. The Morgan fingerprint density at radius 1 is 1.00 bits per heavy atom. The minimum atomic E-state index is -0.115. The number of nitrogens with two attached hydrogens (primary N) is 1. The van der Waals surface area contributed by atoms with E-state index in [1.165, 1.54) is 10.9 Å². The monoisotopic (exact) mass is 383 g/mol. The van der Waals surface area contributed by atoms with Crippen LogP contribution in [-0.4, -0.2) is 32.6 Å². The van der Waals surface area contributed by atoms with Crippen molar-refractivity contribution in [2.24, 2.45) is 5.73 Å². The van der Waals surface area contributed by atoms with Crippen molar-refractivity contribution in [2.45, 2.75) is 12.5 Å². The molecule has 4 N–H and O–H groups in total. The number of rotatable bonds is 6. The van der Waals surface area contributed by atoms with Gasteiger partial charge in [-0.2, -0.15) is 0 Å². The molecule has 0 unspecified atom stereocenters. The number of hydrogen-bond acceptors (Lipinski definition) is 4. The third-order valence-electron chi connectivity index (χ3n) is 5.07. The highest BCUT2D eigenvalue weighted by atomic mass is 16.5. The van der Waals surface area contributed by atoms with Crippen LogP contribution >= 0.6 is 0 Å². The van der Waals surface area contributed by atoms with Gasteiger partial charge in [0.2, 0.25) is 0 Å². The summed E-state index contributed by atoms with van der Waals surface area (Å²) in [7, 11) is 0. The van der Waals surface area contributed by atoms with Crippen LogP contribution in [0.2, 0.25) is 0 Å². The quantitative estimate of drug-likeness (QED) is 0.412. The predicted octanol–water partition coefficient (Wildman–Crippen LogP) is 4.06. The van der Waals surface area contributed by atoms with Crippen LogP contribution in [0.1, 0.15) is 5.56 Å². The van der Waals surface area contributed by atoms with E-state index in [2.05, 4.69) is 38.1 Å². The fraction of sp³-hybridized carbons (Fsp3) is 0.130. The second kappa shape index (κ2) is 7.41. The average molecular weight is 383 g/mol. The number of nitrogens with one attached hydrogen (secondary N) is 2. The fourth-order valence-electron chi connectivity index (χ4n) is 3.60. The molecule has 5 aromatic rings. The van der Waals surface area contributed by atoms with E-state index in [4.69, 9.17) is 10.5 Å². The first kappa shape index (κ1) is 17.5. The lowest BCUT2D eigenvalue weighted by molar-refractivity contribution is 0.287. The van der Waals surface area contributed by atoms with Gasteiger partial charge in [0, 0.05) is 58.2 Å². The molecule has 0 bridgehead atoms. The van der Waals surface area contributed by atoms with Gasteiger partial charge in [0.25, 0.3) is 0 Å². The summed E-state index contributed by atoms with van der Waals surface area (Å²) in [5, 5.41) is 2.27. The van der Waals surface area contributed by atoms with Crippen molar-refractivity contribution in [3.05, 3.63) is 79.0 Å². The number of aromatic amines is 2. The molecule has 0 aliphatic rings. The summed E-state index contributed by atoms with van der Waals surface area (Å²) in [5.41, 5.74) is 11.5. The summed E-state index contributed by atoms with van der Waals surface area (Å²) in [4.78, 5) is 15.2. The van der Waals surface area contributed by atoms with E-state index in [1.54, 1.807) is 6.20 Å². The van der Waals surface area contributed by atoms with E-state index in [1.807, 2.05) is 49.1 Å². The lowest BCUT2D eigenvalue weighted by atomic mass is 10.1. The molecule has 0 fully saturated rings. The predicted molar refractivity (Wildman–Crippen MR) is 115 cm³/mol. The molecule has 1 aromatic carbocycles. The number of H-pyrrole nitrogens is 2. The van der Waals surface area contributed by atoms with Crippen molar-refractivity contribution in [3.63, 3.8) is 0 Å². The van der Waals surface area contributed by atoms with E-state index >= 15 is 0 Å². The fourth-order valence-corrected chi connectivity index (χ4v) is 3.60. The largest absolute Gasteiger partial charge is 0.490 e. The van der Waals surface area contributed by atoms with Gasteiger partial charge in [-0.25, -0.2) is 4.98 Å². The molecule has 1 atom stereocenters. The van der Waals surface area contributed by atoms with Crippen molar-refractivity contribution >= 4 is 21.9 Å². The lowest BCUT2D eigenvalue weighted by Gasteiger charge is -2.13. The van der Waals surface area contributed by atoms with E-state index in [9.17, 15) is 0 Å². The molecule has 6 nitrogen and oxygen atoms in total. The topological polar surface area (TPSA) is 92.6 Å². The van der Waals surface area contributed by atoms with Crippen LogP contribution < -0.4 is 10.5 Å². The Labute approximate surface area is 167 Å². The zero-order chi connectivity index (χ0) is 19.6. The van der Waals surface area contributed by atoms with Crippen LogP contribution in [0, 0.1) is 0 Å². The van der Waals surface area contributed by atoms with Gasteiger partial charge in [-0.3, -0.25) is 4.98 Å². The first-order valence-corrected chi connectivity index (χ1v) is 9.58. The second-order valence-electron chi connectivity index (χ2n) is 7.18. The van der Waals surface area contributed by atoms with Crippen LogP contribution in [-0.2, 0) is 6.42 Å². The van der Waals surface area contributed by atoms with Crippen molar-refractivity contribution in [1.29, 1.82) is 0 Å². The summed E-state index contributed by atoms with van der Waals surface area (Å²) in [6.07, 6.45) is 10.0. The van der Waals surface area contributed by atoms with Crippen LogP contribution in [0.25, 0.3) is 33.1 Å². The molecule has 144 valence electrons. The van der Waals surface area contributed by atoms with Gasteiger partial charge in [0.1, 0.15) is 18.0 Å². The number of nitrogens with zero attached hydrogens (tertiary/aromatic N) is 2. The summed E-state index contributed by atoms with van der Waals surface area (Å²) >= 11 is 0. The van der Waals surface area contributed by atoms with Crippen LogP contribution in [0.15, 0.2) is 73.4 Å². The SMILES string of the molecule is N[C@H](COc1cncc(-c2cnc3[nH]ccc3c2)c1)Cc1c[nH]c2ccccc12. The Morgan fingerprint density at radius 3 is 2.86 bits per heavy atom. The molecule has 0 radical (unpaired) electrons. The standard InChI is InChI=1S/C23H21N5O/c24-19(8-18-12-27-22-4-2-1-3-21(18)22)14-29-20-9-17(10-25-13-20)16-7-15-5-6-26-23(15)28-11-16/h1-7,9-13,19,27H,8,14,24H2,(H,26,28)/t19-/m0/s1. The minimum absolute atomic E-state index is 0.115. The smallest absolute Gasteiger partial charge is 0.138 e. The molecule has 29 heavy (non-hydrogen) atoms. The summed E-state index contributed by atoms with van der Waals surface area (Å²) in [6.45, 7) is 0.416. The number of hydrogen-bond donors (Lipinski definition) is 3. The van der Waals surface area contributed by atoms with Crippen molar-refractivity contribution in [1.82, 2.24) is 19.9 Å². The van der Waals surface area contributed by atoms with E-state index in [0.29, 0.717) is 12.4 Å². The molecule has 5 rings (SSSR count). The number of ether oxygens (including phenoxy) is 1. The number of benzene rings is 1. The van der Waals surface area contributed by atoms with Crippen molar-refractivity contribution in [2.75, 3.05) is 6.61 Å². The molecular weight excluding hydrogens is 362 g/mol. The minimum Gasteiger partial charge on any atom is -0.490 e. The maximum atomic E-state index is 6.33. The molecule has 0 aliphatic carbocycles. The van der Waals surface area contributed by atoms with Gasteiger partial charge in [-0.1, -0.05) is 18.2 Å². The number of para-hydroxylation sites is 1. The zero-order valence-electron chi connectivity index (χ0n) is 15.8. The van der Waals surface area contributed by atoms with Gasteiger partial charge in [0.05, 0.1) is 6.20 Å². The summed E-state index contributed by atoms with van der Waals surface area (Å²) < 4.78 is 5.94. The normalized spacial score (nSPS) is 12.4. The highest BCUT2D eigenvalue weighted by Gasteiger charge is 2.10. The highest BCUT2D eigenvalue weighted by Crippen LogP contribution is 2.25. The molecule has 4 heterocycles. The highest BCUT2D eigenvalue weighted by molar-refractivity contribution is 5.83. The molecule has 0 saturated heterocycles. The molecule has 0 saturated carbocycles. The molecular formula is C23H21N5O. The molecule has 6 heteroatoms. The lowest BCUT2D eigenvalue weighted by Crippen LogP contribution is -2.30. The first-order chi connectivity index (χ1) is 14.3. The van der Waals surface area contributed by atoms with E-state index in [-0.39, 0.29) is 6.04 Å². The van der Waals surface area contributed by atoms with Crippen LogP contribution in [0.3, 0.4) is 0 Å². The summed E-state index contributed by atoms with van der Waals surface area (Å²) in [5.74, 6) is 0.700. The Balaban J connectivity index is 1.27. The Kier molecular flexibility index (Phi) is 4.46. The van der Waals surface area contributed by atoms with Gasteiger partial charge < -0.3 is 20.4 Å². The Morgan fingerprint density at radius 2 is 1.90 bits per heavy atom. The maximum Gasteiger partial charge on any atom is 0.138 e. The van der Waals surface area contributed by atoms with Gasteiger partial charge in [0.15, 0.2) is 0 Å². The molecule has 0 spiro atoms. The Hall–Kier alpha value is -3.64. The average Bonchev–Trinajstić information content (AvgIpc) is 3.39. The van der Waals surface area contributed by atoms with Crippen LogP contribution in [0.4, 0.5) is 0 Å². The molecule has 0 aliphatic heterocycles. The zero-order valence-corrected chi connectivity index (χ0v) is 15.8. The number of pyridine rings is 2. The first-order valence-electron chi connectivity index (χ1n) is 9.58. The Bertz CT molecular complexity index is 1270. The third-order valence-corrected chi connectivity index (χ3v) is 5.07. The van der Waals surface area contributed by atoms with Gasteiger partial charge >= 0.3 is 0 Å². The van der Waals surface area contributed by atoms with Gasteiger partial charge in [-0.15, -0.1) is 0 Å². The molecule has 4 aromatic heterocycles. The van der Waals surface area contributed by atoms with Crippen molar-refractivity contribution in [3.8, 4) is 16.9 Å². The molecule has 0 amide bonds. The van der Waals surface area contributed by atoms with Crippen LogP contribution in [0.5, 0.6) is 5.75 Å². The second-order valence-corrected chi connectivity index (χ2v) is 7.18. The van der Waals surface area contributed by atoms with E-state index in [0.717, 1.165) is 34.1 Å². The van der Waals surface area contributed by atoms with Gasteiger partial charge in [-0.05, 0) is 36.2 Å². The van der Waals surface area contributed by atoms with E-state index < -0.39 is 0 Å².